The first kappa shape index (κ1) is 9.37. The van der Waals surface area contributed by atoms with E-state index < -0.39 is 0 Å². The first-order valence-corrected chi connectivity index (χ1v) is 5.75. The van der Waals surface area contributed by atoms with Crippen molar-refractivity contribution in [2.75, 3.05) is 13.1 Å². The number of hydrogen-bond acceptors (Lipinski definition) is 2. The summed E-state index contributed by atoms with van der Waals surface area (Å²) in [5, 5.41) is 0. The van der Waals surface area contributed by atoms with Crippen LogP contribution in [0.1, 0.15) is 12.5 Å². The summed E-state index contributed by atoms with van der Waals surface area (Å²) in [6.45, 7) is 5.60. The molecule has 15 heavy (non-hydrogen) atoms. The van der Waals surface area contributed by atoms with Gasteiger partial charge in [-0.3, -0.25) is 4.90 Å². The van der Waals surface area contributed by atoms with Crippen LogP contribution in [0.5, 0.6) is 0 Å². The molecule has 2 N–H and O–H groups in total. The molecule has 1 saturated carbocycles. The van der Waals surface area contributed by atoms with Crippen LogP contribution in [-0.4, -0.2) is 23.5 Å². The van der Waals surface area contributed by atoms with Gasteiger partial charge in [-0.15, -0.1) is 0 Å². The van der Waals surface area contributed by atoms with Crippen LogP contribution in [0.3, 0.4) is 0 Å². The van der Waals surface area contributed by atoms with Crippen molar-refractivity contribution in [1.82, 2.24) is 4.90 Å². The fourth-order valence-corrected chi connectivity index (χ4v) is 3.04. The second kappa shape index (κ2) is 3.06. The van der Waals surface area contributed by atoms with Crippen molar-refractivity contribution in [2.45, 2.75) is 19.0 Å². The SMILES string of the molecule is C[C@@H]1[C@H]2CN(Cc3ccccc3)C[C@@]12N. The normalized spacial score (nSPS) is 39.1. The number of likely N-dealkylation sites (tertiary alicyclic amines) is 1. The summed E-state index contributed by atoms with van der Waals surface area (Å²) in [6.07, 6.45) is 0. The van der Waals surface area contributed by atoms with E-state index in [9.17, 15) is 0 Å². The maximum Gasteiger partial charge on any atom is 0.0357 e. The van der Waals surface area contributed by atoms with Gasteiger partial charge in [0.2, 0.25) is 0 Å². The zero-order valence-electron chi connectivity index (χ0n) is 9.19. The van der Waals surface area contributed by atoms with E-state index in [0.29, 0.717) is 0 Å². The average Bonchev–Trinajstić information content (AvgIpc) is 2.59. The van der Waals surface area contributed by atoms with E-state index in [1.54, 1.807) is 0 Å². The zero-order valence-corrected chi connectivity index (χ0v) is 9.19. The fourth-order valence-electron chi connectivity index (χ4n) is 3.04. The lowest BCUT2D eigenvalue weighted by Gasteiger charge is -2.20. The summed E-state index contributed by atoms with van der Waals surface area (Å²) >= 11 is 0. The maximum atomic E-state index is 6.30. The smallest absolute Gasteiger partial charge is 0.0357 e. The van der Waals surface area contributed by atoms with Crippen LogP contribution in [-0.2, 0) is 6.54 Å². The second-order valence-corrected chi connectivity index (χ2v) is 5.16. The molecular weight excluding hydrogens is 184 g/mol. The van der Waals surface area contributed by atoms with Crippen LogP contribution in [0.25, 0.3) is 0 Å². The zero-order chi connectivity index (χ0) is 10.5. The number of fused-ring (bicyclic) bond motifs is 1. The van der Waals surface area contributed by atoms with Gasteiger partial charge in [-0.05, 0) is 17.4 Å². The molecule has 1 aliphatic heterocycles. The number of hydrogen-bond donors (Lipinski definition) is 1. The molecule has 0 unspecified atom stereocenters. The van der Waals surface area contributed by atoms with Gasteiger partial charge in [0.05, 0.1) is 0 Å². The van der Waals surface area contributed by atoms with Crippen LogP contribution in [0.4, 0.5) is 0 Å². The van der Waals surface area contributed by atoms with Crippen molar-refractivity contribution in [2.24, 2.45) is 17.6 Å². The Balaban J connectivity index is 1.64. The summed E-state index contributed by atoms with van der Waals surface area (Å²) in [5.41, 5.74) is 7.84. The standard InChI is InChI=1S/C13H18N2/c1-10-12-8-15(9-13(10,12)14)7-11-5-3-2-4-6-11/h2-6,10,12H,7-9,14H2,1H3/t10-,12-,13-/m1/s1. The Bertz CT molecular complexity index is 362. The largest absolute Gasteiger partial charge is 0.323 e. The summed E-state index contributed by atoms with van der Waals surface area (Å²) in [6, 6.07) is 10.7. The van der Waals surface area contributed by atoms with E-state index in [-0.39, 0.29) is 5.54 Å². The maximum absolute atomic E-state index is 6.30. The topological polar surface area (TPSA) is 29.3 Å². The number of benzene rings is 1. The molecule has 2 heteroatoms. The van der Waals surface area contributed by atoms with E-state index >= 15 is 0 Å². The lowest BCUT2D eigenvalue weighted by molar-refractivity contribution is 0.273. The first-order chi connectivity index (χ1) is 7.20. The molecule has 1 aromatic rings. The molecule has 1 aromatic carbocycles. The van der Waals surface area contributed by atoms with Crippen LogP contribution in [0.15, 0.2) is 30.3 Å². The van der Waals surface area contributed by atoms with Crippen molar-refractivity contribution in [3.63, 3.8) is 0 Å². The Morgan fingerprint density at radius 1 is 1.40 bits per heavy atom. The molecule has 1 aliphatic carbocycles. The van der Waals surface area contributed by atoms with E-state index in [1.165, 1.54) is 12.1 Å². The minimum atomic E-state index is 0.148. The van der Waals surface area contributed by atoms with Gasteiger partial charge in [0.15, 0.2) is 0 Å². The molecule has 3 rings (SSSR count). The van der Waals surface area contributed by atoms with Crippen molar-refractivity contribution in [3.8, 4) is 0 Å². The Morgan fingerprint density at radius 3 is 2.73 bits per heavy atom. The molecule has 0 aromatic heterocycles. The molecule has 1 saturated heterocycles. The Hall–Kier alpha value is -0.860. The molecule has 2 nitrogen and oxygen atoms in total. The lowest BCUT2D eigenvalue weighted by atomic mass is 10.2. The predicted octanol–water partition coefficient (Wildman–Crippen LogP) is 1.47. The van der Waals surface area contributed by atoms with Gasteiger partial charge >= 0.3 is 0 Å². The van der Waals surface area contributed by atoms with E-state index in [0.717, 1.165) is 24.9 Å². The van der Waals surface area contributed by atoms with E-state index in [2.05, 4.69) is 42.2 Å². The highest BCUT2D eigenvalue weighted by Crippen LogP contribution is 2.53. The lowest BCUT2D eigenvalue weighted by Crippen LogP contribution is -2.35. The van der Waals surface area contributed by atoms with Gasteiger partial charge in [0, 0.05) is 25.2 Å². The molecule has 0 amide bonds. The molecule has 0 bridgehead atoms. The van der Waals surface area contributed by atoms with Gasteiger partial charge in [0.25, 0.3) is 0 Å². The minimum absolute atomic E-state index is 0.148. The molecule has 3 atom stereocenters. The van der Waals surface area contributed by atoms with Crippen molar-refractivity contribution >= 4 is 0 Å². The molecule has 2 aliphatic rings. The average molecular weight is 202 g/mol. The van der Waals surface area contributed by atoms with Crippen LogP contribution in [0, 0.1) is 11.8 Å². The van der Waals surface area contributed by atoms with Crippen molar-refractivity contribution < 1.29 is 0 Å². The predicted molar refractivity (Wildman–Crippen MR) is 61.3 cm³/mol. The van der Waals surface area contributed by atoms with E-state index in [4.69, 9.17) is 5.73 Å². The molecule has 0 spiro atoms. The molecule has 1 heterocycles. The van der Waals surface area contributed by atoms with Gasteiger partial charge in [-0.1, -0.05) is 37.3 Å². The summed E-state index contributed by atoms with van der Waals surface area (Å²) in [7, 11) is 0. The highest BCUT2D eigenvalue weighted by molar-refractivity contribution is 5.22. The molecular formula is C13H18N2. The Labute approximate surface area is 91.1 Å². The van der Waals surface area contributed by atoms with Crippen LogP contribution in [0.2, 0.25) is 0 Å². The Morgan fingerprint density at radius 2 is 2.13 bits per heavy atom. The van der Waals surface area contributed by atoms with Crippen LogP contribution < -0.4 is 5.73 Å². The number of nitrogens with two attached hydrogens (primary N) is 1. The third-order valence-corrected chi connectivity index (χ3v) is 4.23. The summed E-state index contributed by atoms with van der Waals surface area (Å²) in [5.74, 6) is 1.49. The van der Waals surface area contributed by atoms with Gasteiger partial charge in [0.1, 0.15) is 0 Å². The summed E-state index contributed by atoms with van der Waals surface area (Å²) < 4.78 is 0. The van der Waals surface area contributed by atoms with E-state index in [1.807, 2.05) is 0 Å². The third kappa shape index (κ3) is 1.40. The van der Waals surface area contributed by atoms with Crippen molar-refractivity contribution in [3.05, 3.63) is 35.9 Å². The summed E-state index contributed by atoms with van der Waals surface area (Å²) in [4.78, 5) is 2.49. The Kier molecular flexibility index (Phi) is 1.91. The fraction of sp³-hybridized carbons (Fsp3) is 0.538. The first-order valence-electron chi connectivity index (χ1n) is 5.75. The number of nitrogens with zero attached hydrogens (tertiary/aromatic N) is 1. The minimum Gasteiger partial charge on any atom is -0.323 e. The molecule has 0 radical (unpaired) electrons. The highest BCUT2D eigenvalue weighted by atomic mass is 15.2. The van der Waals surface area contributed by atoms with Gasteiger partial charge < -0.3 is 5.73 Å². The number of piperidine rings is 1. The quantitative estimate of drug-likeness (QED) is 0.787. The monoisotopic (exact) mass is 202 g/mol. The number of rotatable bonds is 2. The van der Waals surface area contributed by atoms with Gasteiger partial charge in [-0.2, -0.15) is 0 Å². The van der Waals surface area contributed by atoms with Crippen molar-refractivity contribution in [1.29, 1.82) is 0 Å². The second-order valence-electron chi connectivity index (χ2n) is 5.16. The van der Waals surface area contributed by atoms with Crippen LogP contribution >= 0.6 is 0 Å². The molecule has 80 valence electrons. The molecule has 2 fully saturated rings. The van der Waals surface area contributed by atoms with Gasteiger partial charge in [-0.25, -0.2) is 0 Å². The highest BCUT2D eigenvalue weighted by Gasteiger charge is 2.63. The third-order valence-electron chi connectivity index (χ3n) is 4.23.